The molecular weight excluding hydrogens is 459 g/mol. The fraction of sp³-hybridized carbons (Fsp3) is 0.345. The molecule has 0 amide bonds. The Labute approximate surface area is 211 Å². The Kier molecular flexibility index (Phi) is 7.82. The van der Waals surface area contributed by atoms with Crippen LogP contribution in [-0.2, 0) is 5.41 Å². The van der Waals surface area contributed by atoms with Crippen LogP contribution in [0.3, 0.4) is 0 Å². The fourth-order valence-corrected chi connectivity index (χ4v) is 6.51. The van der Waals surface area contributed by atoms with E-state index in [0.29, 0.717) is 4.90 Å². The Morgan fingerprint density at radius 3 is 2.26 bits per heavy atom. The van der Waals surface area contributed by atoms with Crippen LogP contribution in [0.15, 0.2) is 83.8 Å². The van der Waals surface area contributed by atoms with E-state index in [1.807, 2.05) is 66.7 Å². The van der Waals surface area contributed by atoms with Crippen molar-refractivity contribution in [1.29, 1.82) is 5.41 Å². The summed E-state index contributed by atoms with van der Waals surface area (Å²) in [4.78, 5) is 0.610. The molecule has 2 atom stereocenters. The molecule has 35 heavy (non-hydrogen) atoms. The number of halogens is 1. The Morgan fingerprint density at radius 1 is 1.06 bits per heavy atom. The van der Waals surface area contributed by atoms with Gasteiger partial charge in [-0.05, 0) is 29.2 Å². The molecule has 6 heteroatoms. The number of ether oxygens (including phenoxy) is 1. The first-order valence-electron chi connectivity index (χ1n) is 12.1. The van der Waals surface area contributed by atoms with Crippen LogP contribution < -0.4 is 9.84 Å². The third-order valence-electron chi connectivity index (χ3n) is 7.35. The highest BCUT2D eigenvalue weighted by molar-refractivity contribution is 7.99. The molecule has 0 spiro atoms. The van der Waals surface area contributed by atoms with E-state index in [1.54, 1.807) is 12.1 Å². The number of nitrogens with one attached hydrogen (secondary N) is 1. The smallest absolute Gasteiger partial charge is 0.178 e. The van der Waals surface area contributed by atoms with Gasteiger partial charge in [0, 0.05) is 29.4 Å². The monoisotopic (exact) mass is 492 g/mol. The van der Waals surface area contributed by atoms with Gasteiger partial charge in [0.2, 0.25) is 0 Å². The predicted octanol–water partition coefficient (Wildman–Crippen LogP) is 5.11. The van der Waals surface area contributed by atoms with Crippen LogP contribution in [-0.4, -0.2) is 49.9 Å². The number of thioether (sulfide) groups is 1. The number of nitrogens with zero attached hydrogens (tertiary/aromatic N) is 1. The summed E-state index contributed by atoms with van der Waals surface area (Å²) in [5.41, 5.74) is 0.819. The van der Waals surface area contributed by atoms with E-state index in [1.165, 1.54) is 18.9 Å². The summed E-state index contributed by atoms with van der Waals surface area (Å²) < 4.78 is 20.4. The molecule has 2 unspecified atom stereocenters. The van der Waals surface area contributed by atoms with Crippen molar-refractivity contribution in [2.24, 2.45) is 5.92 Å². The molecule has 1 saturated heterocycles. The van der Waals surface area contributed by atoms with Crippen molar-refractivity contribution in [3.63, 3.8) is 0 Å². The molecule has 4 rings (SSSR count). The number of rotatable bonds is 10. The van der Waals surface area contributed by atoms with Crippen molar-refractivity contribution in [2.45, 2.75) is 23.2 Å². The van der Waals surface area contributed by atoms with Gasteiger partial charge in [-0.2, -0.15) is 0 Å². The van der Waals surface area contributed by atoms with E-state index >= 15 is 0 Å². The van der Waals surface area contributed by atoms with E-state index in [0.717, 1.165) is 53.8 Å². The maximum atomic E-state index is 14.5. The maximum absolute atomic E-state index is 14.5. The first kappa shape index (κ1) is 25.3. The van der Waals surface area contributed by atoms with Crippen molar-refractivity contribution in [3.8, 4) is 5.75 Å². The molecule has 184 valence electrons. The topological polar surface area (TPSA) is 56.1 Å². The summed E-state index contributed by atoms with van der Waals surface area (Å²) in [6, 6.07) is 24.9. The highest BCUT2D eigenvalue weighted by Gasteiger charge is 2.49. The molecule has 4 nitrogen and oxygen atoms in total. The number of methoxy groups -OCH3 is 1. The van der Waals surface area contributed by atoms with E-state index < -0.39 is 11.3 Å². The van der Waals surface area contributed by atoms with E-state index in [4.69, 9.17) is 10.1 Å². The highest BCUT2D eigenvalue weighted by Crippen LogP contribution is 2.45. The second-order valence-corrected chi connectivity index (χ2v) is 10.7. The van der Waals surface area contributed by atoms with E-state index in [2.05, 4.69) is 7.05 Å². The molecule has 1 aliphatic heterocycles. The molecule has 0 radical (unpaired) electrons. The second kappa shape index (κ2) is 10.8. The SMILES string of the molecule is COc1cccc(SCCC[N+]2(C)CCC(C(C(=N)[O-])(c3ccccc3)c3ccccc3)C2)c1F. The normalized spacial score (nSPS) is 20.0. The molecule has 1 fully saturated rings. The molecule has 3 aromatic carbocycles. The summed E-state index contributed by atoms with van der Waals surface area (Å²) in [5, 5.41) is 21.7. The Balaban J connectivity index is 1.50. The lowest BCUT2D eigenvalue weighted by Crippen LogP contribution is -2.52. The van der Waals surface area contributed by atoms with Gasteiger partial charge in [0.15, 0.2) is 11.6 Å². The number of hydrogen-bond acceptors (Lipinski definition) is 4. The van der Waals surface area contributed by atoms with Gasteiger partial charge in [0.25, 0.3) is 0 Å². The fourth-order valence-electron chi connectivity index (χ4n) is 5.61. The van der Waals surface area contributed by atoms with Gasteiger partial charge >= 0.3 is 0 Å². The number of likely N-dealkylation sites (tertiary alicyclic amines) is 1. The minimum atomic E-state index is -0.975. The quantitative estimate of drug-likeness (QED) is 0.141. The Bertz CT molecular complexity index is 1100. The molecule has 1 aliphatic rings. The lowest BCUT2D eigenvalue weighted by atomic mass is 9.65. The molecule has 1 heterocycles. The zero-order valence-corrected chi connectivity index (χ0v) is 21.2. The van der Waals surface area contributed by atoms with Gasteiger partial charge in [0.1, 0.15) is 0 Å². The number of benzene rings is 3. The van der Waals surface area contributed by atoms with Crippen molar-refractivity contribution in [3.05, 3.63) is 95.8 Å². The third-order valence-corrected chi connectivity index (χ3v) is 8.47. The van der Waals surface area contributed by atoms with Gasteiger partial charge in [-0.25, -0.2) is 4.39 Å². The molecule has 3 aromatic rings. The van der Waals surface area contributed by atoms with Crippen molar-refractivity contribution in [1.82, 2.24) is 0 Å². The van der Waals surface area contributed by atoms with Gasteiger partial charge in [0.05, 0.1) is 39.2 Å². The van der Waals surface area contributed by atoms with Crippen molar-refractivity contribution >= 4 is 17.7 Å². The molecule has 0 aromatic heterocycles. The zero-order valence-electron chi connectivity index (χ0n) is 20.4. The Hall–Kier alpha value is -2.83. The highest BCUT2D eigenvalue weighted by atomic mass is 32.2. The van der Waals surface area contributed by atoms with Crippen LogP contribution in [0.25, 0.3) is 0 Å². The predicted molar refractivity (Wildman–Crippen MR) is 139 cm³/mol. The second-order valence-electron chi connectivity index (χ2n) is 9.58. The van der Waals surface area contributed by atoms with Crippen LogP contribution in [0.2, 0.25) is 0 Å². The van der Waals surface area contributed by atoms with Crippen LogP contribution >= 0.6 is 11.8 Å². The molecule has 0 bridgehead atoms. The van der Waals surface area contributed by atoms with Crippen LogP contribution in [0, 0.1) is 17.1 Å². The largest absolute Gasteiger partial charge is 0.861 e. The maximum Gasteiger partial charge on any atom is 0.178 e. The first-order chi connectivity index (χ1) is 16.9. The summed E-state index contributed by atoms with van der Waals surface area (Å²) in [6.45, 7) is 2.73. The van der Waals surface area contributed by atoms with E-state index in [9.17, 15) is 9.50 Å². The first-order valence-corrected chi connectivity index (χ1v) is 13.1. The lowest BCUT2D eigenvalue weighted by Gasteiger charge is -2.43. The standard InChI is InChI=1S/C29H33FN2O2S/c1-32(18-10-20-35-26-16-9-15-25(34-2)27(26)30)19-17-24(21-32)29(28(31)33,22-11-5-3-6-12-22)23-13-7-4-8-14-23/h3-9,11-16,24H,10,17-21H2,1-2H3,(H-,31,33). The summed E-state index contributed by atoms with van der Waals surface area (Å²) in [6.07, 6.45) is 1.81. The molecule has 0 aliphatic carbocycles. The molecule has 1 N–H and O–H groups in total. The average Bonchev–Trinajstić information content (AvgIpc) is 3.26. The van der Waals surface area contributed by atoms with Gasteiger partial charge in [-0.1, -0.05) is 66.7 Å². The summed E-state index contributed by atoms with van der Waals surface area (Å²) in [5.74, 6) is 0.270. The lowest BCUT2D eigenvalue weighted by molar-refractivity contribution is -0.899. The van der Waals surface area contributed by atoms with Crippen LogP contribution in [0.4, 0.5) is 4.39 Å². The molecular formula is C29H33FN2O2S. The molecule has 0 saturated carbocycles. The van der Waals surface area contributed by atoms with E-state index in [-0.39, 0.29) is 17.5 Å². The van der Waals surface area contributed by atoms with Gasteiger partial charge < -0.3 is 19.7 Å². The summed E-state index contributed by atoms with van der Waals surface area (Å²) in [7, 11) is 3.72. The van der Waals surface area contributed by atoms with Gasteiger partial charge in [-0.15, -0.1) is 11.8 Å². The average molecular weight is 493 g/mol. The van der Waals surface area contributed by atoms with Crippen molar-refractivity contribution in [2.75, 3.05) is 39.5 Å². The van der Waals surface area contributed by atoms with Crippen LogP contribution in [0.1, 0.15) is 24.0 Å². The number of hydrogen-bond donors (Lipinski definition) is 1. The van der Waals surface area contributed by atoms with Crippen LogP contribution in [0.5, 0.6) is 5.75 Å². The third kappa shape index (κ3) is 5.09. The van der Waals surface area contributed by atoms with Crippen molar-refractivity contribution < 1.29 is 18.7 Å². The minimum absolute atomic E-state index is 0.0331. The zero-order chi connectivity index (χ0) is 24.9. The van der Waals surface area contributed by atoms with Gasteiger partial charge in [-0.3, -0.25) is 0 Å². The number of quaternary nitrogens is 1. The Morgan fingerprint density at radius 2 is 1.69 bits per heavy atom. The summed E-state index contributed by atoms with van der Waals surface area (Å²) >= 11 is 1.51. The minimum Gasteiger partial charge on any atom is -0.861 e.